The maximum atomic E-state index is 9.50. The van der Waals surface area contributed by atoms with E-state index in [2.05, 4.69) is 0 Å². The quantitative estimate of drug-likeness (QED) is 0.805. The molecule has 0 saturated carbocycles. The maximum absolute atomic E-state index is 9.50. The van der Waals surface area contributed by atoms with E-state index in [0.717, 1.165) is 0 Å². The van der Waals surface area contributed by atoms with E-state index in [1.807, 2.05) is 0 Å². The van der Waals surface area contributed by atoms with E-state index in [0.29, 0.717) is 0 Å². The molecule has 21 heavy (non-hydrogen) atoms. The Bertz CT molecular complexity index is 876. The van der Waals surface area contributed by atoms with Gasteiger partial charge in [0.1, 0.15) is 11.8 Å². The lowest BCUT2D eigenvalue weighted by atomic mass is 9.78. The van der Waals surface area contributed by atoms with Gasteiger partial charge in [0.25, 0.3) is 0 Å². The summed E-state index contributed by atoms with van der Waals surface area (Å²) in [5.41, 5.74) is -5.41. The molecule has 1 heterocycles. The number of nitrogens with zero attached hydrogens (tertiary/aromatic N) is 1. The van der Waals surface area contributed by atoms with Crippen LogP contribution in [0.5, 0.6) is 5.75 Å². The molecule has 0 N–H and O–H groups in total. The summed E-state index contributed by atoms with van der Waals surface area (Å²) in [6.07, 6.45) is -0.442. The zero-order valence-electron chi connectivity index (χ0n) is 21.3. The lowest BCUT2D eigenvalue weighted by Crippen LogP contribution is -2.41. The Hall–Kier alpha value is -1.51. The van der Waals surface area contributed by atoms with Crippen LogP contribution >= 0.6 is 0 Å². The second-order valence-corrected chi connectivity index (χ2v) is 5.53. The second-order valence-electron chi connectivity index (χ2n) is 5.53. The minimum absolute atomic E-state index is 0.263. The topological polar surface area (TPSA) is 51.5 Å². The van der Waals surface area contributed by atoms with Crippen LogP contribution in [0.2, 0.25) is 0 Å². The molecule has 0 atom stereocenters. The highest BCUT2D eigenvalue weighted by atomic mass is 16.7. The van der Waals surface area contributed by atoms with Gasteiger partial charge in [0.05, 0.1) is 27.0 Å². The summed E-state index contributed by atoms with van der Waals surface area (Å²) in [6.45, 7) is -0.528. The fourth-order valence-corrected chi connectivity index (χ4v) is 1.72. The van der Waals surface area contributed by atoms with E-state index in [1.165, 1.54) is 13.8 Å². The summed E-state index contributed by atoms with van der Waals surface area (Å²) in [7, 11) is -1.76. The van der Waals surface area contributed by atoms with Crippen LogP contribution in [0, 0.1) is 11.3 Å². The van der Waals surface area contributed by atoms with Gasteiger partial charge in [-0.3, -0.25) is 0 Å². The first kappa shape index (κ1) is 7.67. The van der Waals surface area contributed by atoms with E-state index in [-0.39, 0.29) is 11.3 Å². The molecule has 0 aliphatic carbocycles. The van der Waals surface area contributed by atoms with Gasteiger partial charge >= 0.3 is 7.12 Å². The van der Waals surface area contributed by atoms with Gasteiger partial charge in [-0.05, 0) is 58.9 Å². The lowest BCUT2D eigenvalue weighted by molar-refractivity contribution is 0.00578. The zero-order valence-corrected chi connectivity index (χ0v) is 12.3. The molecule has 1 saturated heterocycles. The molecule has 0 aromatic heterocycles. The Labute approximate surface area is 139 Å². The van der Waals surface area contributed by atoms with Gasteiger partial charge in [0, 0.05) is 8.22 Å². The van der Waals surface area contributed by atoms with E-state index in [4.69, 9.17) is 26.4 Å². The Kier molecular flexibility index (Phi) is 1.96. The maximum Gasteiger partial charge on any atom is 0.494 e. The largest absolute Gasteiger partial charge is 0.494 e. The molecule has 0 spiro atoms. The Balaban J connectivity index is 2.76. The van der Waals surface area contributed by atoms with Crippen molar-refractivity contribution in [3.05, 3.63) is 23.7 Å². The van der Waals surface area contributed by atoms with Crippen molar-refractivity contribution in [2.75, 3.05) is 0 Å². The third-order valence-corrected chi connectivity index (χ3v) is 3.03. The Morgan fingerprint density at radius 3 is 2.52 bits per heavy atom. The minimum Gasteiger partial charge on any atom is -0.490 e. The Morgan fingerprint density at radius 2 is 2.00 bits per heavy atom. The fraction of sp³-hybridized carbons (Fsp3) is 0.562. The molecule has 1 aromatic carbocycles. The predicted molar refractivity (Wildman–Crippen MR) is 82.6 cm³/mol. The number of benzene rings is 1. The summed E-state index contributed by atoms with van der Waals surface area (Å²) in [6, 6.07) is 0.102. The van der Waals surface area contributed by atoms with Crippen LogP contribution in [0.4, 0.5) is 0 Å². The third-order valence-electron chi connectivity index (χ3n) is 3.03. The predicted octanol–water partition coefficient (Wildman–Crippen LogP) is 2.64. The first-order chi connectivity index (χ1) is 13.4. The van der Waals surface area contributed by atoms with Gasteiger partial charge in [-0.1, -0.05) is 6.04 Å². The van der Waals surface area contributed by atoms with Gasteiger partial charge < -0.3 is 14.0 Å². The molecule has 0 radical (unpaired) electrons. The molecule has 0 bridgehead atoms. The van der Waals surface area contributed by atoms with Crippen molar-refractivity contribution in [1.29, 1.82) is 5.26 Å². The molecule has 0 amide bonds. The summed E-state index contributed by atoms with van der Waals surface area (Å²) in [4.78, 5) is 0. The minimum atomic E-state index is -3.15. The molecule has 1 aliphatic heterocycles. The molecule has 112 valence electrons. The molecule has 1 aromatic rings. The van der Waals surface area contributed by atoms with E-state index in [1.54, 1.807) is 19.9 Å². The number of nitriles is 1. The van der Waals surface area contributed by atoms with Gasteiger partial charge in [-0.15, -0.1) is 0 Å². The van der Waals surface area contributed by atoms with Crippen molar-refractivity contribution in [3.63, 3.8) is 0 Å². The highest BCUT2D eigenvalue weighted by Crippen LogP contribution is 2.36. The van der Waals surface area contributed by atoms with Gasteiger partial charge in [0.2, 0.25) is 0 Å². The monoisotopic (exact) mass is 296 g/mol. The van der Waals surface area contributed by atoms with Crippen LogP contribution in [0.15, 0.2) is 18.1 Å². The first-order valence-electron chi connectivity index (χ1n) is 11.0. The molecule has 4 nitrogen and oxygen atoms in total. The number of rotatable bonds is 3. The SMILES string of the molecule is [2H]c1c([2H])c(B2OC(C)(C)C(C([2H])([2H])[2H])(C([2H])([2H])[2H])O2)c([2H])c(C#N)c1OC(C)C. The van der Waals surface area contributed by atoms with Crippen LogP contribution in [-0.2, 0) is 9.31 Å². The summed E-state index contributed by atoms with van der Waals surface area (Å²) < 4.78 is 88.5. The van der Waals surface area contributed by atoms with Crippen molar-refractivity contribution in [1.82, 2.24) is 0 Å². The van der Waals surface area contributed by atoms with Gasteiger partial charge in [-0.25, -0.2) is 0 Å². The van der Waals surface area contributed by atoms with Gasteiger partial charge in [-0.2, -0.15) is 5.26 Å². The van der Waals surface area contributed by atoms with E-state index < -0.39 is 61.7 Å². The molecule has 5 heteroatoms. The molecule has 0 unspecified atom stereocenters. The highest BCUT2D eigenvalue weighted by Gasteiger charge is 2.51. The van der Waals surface area contributed by atoms with Crippen LogP contribution < -0.4 is 10.2 Å². The third kappa shape index (κ3) is 3.07. The number of hydrogen-bond donors (Lipinski definition) is 0. The van der Waals surface area contributed by atoms with E-state index >= 15 is 0 Å². The number of ether oxygens (including phenoxy) is 1. The van der Waals surface area contributed by atoms with Crippen molar-refractivity contribution in [2.24, 2.45) is 0 Å². The van der Waals surface area contributed by atoms with Crippen LogP contribution in [0.25, 0.3) is 0 Å². The second kappa shape index (κ2) is 5.36. The molecular weight excluding hydrogens is 265 g/mol. The van der Waals surface area contributed by atoms with Crippen molar-refractivity contribution in [3.8, 4) is 11.8 Å². The summed E-state index contributed by atoms with van der Waals surface area (Å²) in [5.74, 6) is -0.263. The fourth-order valence-electron chi connectivity index (χ4n) is 1.72. The highest BCUT2D eigenvalue weighted by molar-refractivity contribution is 6.62. The average molecular weight is 296 g/mol. The summed E-state index contributed by atoms with van der Waals surface area (Å²) >= 11 is 0. The number of hydrogen-bond acceptors (Lipinski definition) is 4. The average Bonchev–Trinajstić information content (AvgIpc) is 2.84. The Morgan fingerprint density at radius 1 is 1.33 bits per heavy atom. The first-order valence-corrected chi connectivity index (χ1v) is 6.49. The van der Waals surface area contributed by atoms with Crippen molar-refractivity contribution >= 4 is 12.6 Å². The van der Waals surface area contributed by atoms with Crippen molar-refractivity contribution in [2.45, 2.75) is 58.7 Å². The van der Waals surface area contributed by atoms with Crippen LogP contribution in [0.3, 0.4) is 0 Å². The standard InChI is InChI=1S/C16H22BNO3/c1-11(2)19-14-8-7-13(9-12(14)10-18)17-20-15(3,4)16(5,6)21-17/h7-9,11H,1-6H3/i3D3,4D3,7D,8D,9D. The summed E-state index contributed by atoms with van der Waals surface area (Å²) in [5, 5.41) is 9.50. The zero-order chi connectivity index (χ0) is 23.4. The lowest BCUT2D eigenvalue weighted by Gasteiger charge is -2.32. The van der Waals surface area contributed by atoms with Gasteiger partial charge in [0.15, 0.2) is 0 Å². The van der Waals surface area contributed by atoms with Crippen LogP contribution in [-0.4, -0.2) is 24.4 Å². The normalized spacial score (nSPS) is 27.0. The molecule has 1 fully saturated rings. The smallest absolute Gasteiger partial charge is 0.490 e. The molecular formula is C16H22BNO3. The molecule has 1 aliphatic rings. The van der Waals surface area contributed by atoms with Crippen LogP contribution in [0.1, 0.15) is 59.3 Å². The van der Waals surface area contributed by atoms with E-state index in [9.17, 15) is 5.26 Å². The molecule has 2 rings (SSSR count). The van der Waals surface area contributed by atoms with Crippen molar-refractivity contribution < 1.29 is 26.4 Å².